The maximum atomic E-state index is 10.5. The van der Waals surface area contributed by atoms with Gasteiger partial charge in [0.2, 0.25) is 0 Å². The number of carbonyl (C=O) groups is 1. The van der Waals surface area contributed by atoms with Crippen LogP contribution in [0.25, 0.3) is 0 Å². The number of rotatable bonds is 10. The van der Waals surface area contributed by atoms with E-state index < -0.39 is 5.97 Å². The van der Waals surface area contributed by atoms with E-state index >= 15 is 0 Å². The molecule has 92 valence electrons. The molecule has 0 aromatic carbocycles. The zero-order chi connectivity index (χ0) is 11.5. The molecule has 0 aliphatic carbocycles. The van der Waals surface area contributed by atoms with Gasteiger partial charge in [0.1, 0.15) is 0 Å². The third-order valence-electron chi connectivity index (χ3n) is 2.91. The Morgan fingerprint density at radius 2 is 1.50 bits per heavy atom. The predicted octanol–water partition coefficient (Wildman–Crippen LogP) is 1.35. The van der Waals surface area contributed by atoms with E-state index in [1.54, 1.807) is 6.92 Å². The van der Waals surface area contributed by atoms with E-state index in [0.29, 0.717) is 0 Å². The summed E-state index contributed by atoms with van der Waals surface area (Å²) in [6.45, 7) is 4.02. The number of aliphatic carboxylic acids is 1. The van der Waals surface area contributed by atoms with Gasteiger partial charge in [0.25, 0.3) is 0 Å². The minimum atomic E-state index is -0.655. The molecule has 0 rings (SSSR count). The van der Waals surface area contributed by atoms with E-state index in [2.05, 4.69) is 6.92 Å². The standard InChI is InChI=1S/C13H26O2.Li.H/c1-3-4-5-6-7-8-9-10-11-12(2)13(14)15;;/h12H,3-11H2,1-2H3,(H,14,15);;/q;+1;-1. The fourth-order valence-corrected chi connectivity index (χ4v) is 1.71. The second-order valence-corrected chi connectivity index (χ2v) is 4.50. The molecule has 1 N–H and O–H groups in total. The predicted molar refractivity (Wildman–Crippen MR) is 65.1 cm³/mol. The molecule has 0 heterocycles. The molecule has 0 aromatic heterocycles. The Morgan fingerprint density at radius 1 is 1.06 bits per heavy atom. The van der Waals surface area contributed by atoms with Crippen LogP contribution < -0.4 is 18.9 Å². The normalized spacial score (nSPS) is 11.9. The Bertz CT molecular complexity index is 165. The summed E-state index contributed by atoms with van der Waals surface area (Å²) in [5.41, 5.74) is 0. The van der Waals surface area contributed by atoms with Gasteiger partial charge in [-0.3, -0.25) is 4.79 Å². The van der Waals surface area contributed by atoms with Gasteiger partial charge in [0, 0.05) is 0 Å². The van der Waals surface area contributed by atoms with E-state index in [-0.39, 0.29) is 26.2 Å². The van der Waals surface area contributed by atoms with Crippen molar-refractivity contribution in [2.45, 2.75) is 71.6 Å². The van der Waals surface area contributed by atoms with Crippen LogP contribution in [-0.4, -0.2) is 11.1 Å². The molecule has 0 saturated carbocycles. The van der Waals surface area contributed by atoms with Crippen molar-refractivity contribution in [3.05, 3.63) is 0 Å². The number of hydrogen-bond donors (Lipinski definition) is 1. The van der Waals surface area contributed by atoms with Crippen LogP contribution in [-0.2, 0) is 4.79 Å². The number of carboxylic acid groups (broad SMARTS) is 1. The van der Waals surface area contributed by atoms with Crippen molar-refractivity contribution in [2.75, 3.05) is 0 Å². The van der Waals surface area contributed by atoms with Gasteiger partial charge >= 0.3 is 24.8 Å². The summed E-state index contributed by atoms with van der Waals surface area (Å²) in [5.74, 6) is -0.817. The number of hydrogen-bond acceptors (Lipinski definition) is 1. The van der Waals surface area contributed by atoms with E-state index in [9.17, 15) is 4.79 Å². The van der Waals surface area contributed by atoms with E-state index in [1.807, 2.05) is 0 Å². The quantitative estimate of drug-likeness (QED) is 0.447. The monoisotopic (exact) mass is 222 g/mol. The molecule has 1 unspecified atom stereocenters. The summed E-state index contributed by atoms with van der Waals surface area (Å²) in [5, 5.41) is 8.68. The average molecular weight is 222 g/mol. The molecular weight excluding hydrogens is 195 g/mol. The first-order valence-corrected chi connectivity index (χ1v) is 6.41. The smallest absolute Gasteiger partial charge is 1.00 e. The van der Waals surface area contributed by atoms with Crippen molar-refractivity contribution in [1.29, 1.82) is 0 Å². The van der Waals surface area contributed by atoms with Gasteiger partial charge in [-0.25, -0.2) is 0 Å². The summed E-state index contributed by atoms with van der Waals surface area (Å²) in [6, 6.07) is 0. The summed E-state index contributed by atoms with van der Waals surface area (Å²) >= 11 is 0. The molecular formula is C13H27LiO2. The van der Waals surface area contributed by atoms with Gasteiger partial charge in [-0.15, -0.1) is 0 Å². The Kier molecular flexibility index (Phi) is 15.1. The molecule has 2 nitrogen and oxygen atoms in total. The molecule has 0 aliphatic heterocycles. The fraction of sp³-hybridized carbons (Fsp3) is 0.923. The van der Waals surface area contributed by atoms with Crippen molar-refractivity contribution >= 4 is 5.97 Å². The van der Waals surface area contributed by atoms with E-state index in [4.69, 9.17) is 5.11 Å². The van der Waals surface area contributed by atoms with Crippen LogP contribution in [0.1, 0.15) is 73.1 Å². The van der Waals surface area contributed by atoms with Crippen molar-refractivity contribution < 1.29 is 30.2 Å². The Labute approximate surface area is 114 Å². The maximum Gasteiger partial charge on any atom is 1.00 e. The topological polar surface area (TPSA) is 37.3 Å². The zero-order valence-electron chi connectivity index (χ0n) is 12.3. The molecule has 0 fully saturated rings. The van der Waals surface area contributed by atoms with Crippen molar-refractivity contribution in [2.24, 2.45) is 5.92 Å². The maximum absolute atomic E-state index is 10.5. The molecule has 0 aliphatic rings. The second-order valence-electron chi connectivity index (χ2n) is 4.50. The minimum Gasteiger partial charge on any atom is -1.00 e. The minimum absolute atomic E-state index is 0. The first-order chi connectivity index (χ1) is 7.18. The van der Waals surface area contributed by atoms with Gasteiger partial charge in [0.05, 0.1) is 5.92 Å². The van der Waals surface area contributed by atoms with Crippen LogP contribution in [0.15, 0.2) is 0 Å². The summed E-state index contributed by atoms with van der Waals surface area (Å²) in [7, 11) is 0. The zero-order valence-corrected chi connectivity index (χ0v) is 11.3. The van der Waals surface area contributed by atoms with Gasteiger partial charge in [-0.1, -0.05) is 65.2 Å². The summed E-state index contributed by atoms with van der Waals surface area (Å²) in [6.07, 6.45) is 11.1. The van der Waals surface area contributed by atoms with Crippen LogP contribution in [0.3, 0.4) is 0 Å². The third-order valence-corrected chi connectivity index (χ3v) is 2.91. The molecule has 0 radical (unpaired) electrons. The Morgan fingerprint density at radius 3 is 1.94 bits per heavy atom. The van der Waals surface area contributed by atoms with Gasteiger partial charge in [0.15, 0.2) is 0 Å². The van der Waals surface area contributed by atoms with Crippen LogP contribution in [0.5, 0.6) is 0 Å². The SMILES string of the molecule is CCCCCCCCCCC(C)C(=O)O.[H-].[Li+]. The van der Waals surface area contributed by atoms with Crippen molar-refractivity contribution in [1.82, 2.24) is 0 Å². The average Bonchev–Trinajstić information content (AvgIpc) is 2.21. The van der Waals surface area contributed by atoms with Gasteiger partial charge in [-0.05, 0) is 6.42 Å². The van der Waals surface area contributed by atoms with Gasteiger partial charge < -0.3 is 6.53 Å². The van der Waals surface area contributed by atoms with Gasteiger partial charge in [-0.2, -0.15) is 0 Å². The molecule has 0 saturated heterocycles. The van der Waals surface area contributed by atoms with Crippen LogP contribution in [0, 0.1) is 5.92 Å². The largest absolute Gasteiger partial charge is 1.00 e. The molecule has 0 spiro atoms. The number of unbranched alkanes of at least 4 members (excludes halogenated alkanes) is 7. The molecule has 1 atom stereocenters. The molecule has 0 aromatic rings. The molecule has 0 amide bonds. The van der Waals surface area contributed by atoms with Crippen LogP contribution in [0.2, 0.25) is 0 Å². The molecule has 16 heavy (non-hydrogen) atoms. The van der Waals surface area contributed by atoms with Crippen LogP contribution in [0.4, 0.5) is 0 Å². The summed E-state index contributed by atoms with van der Waals surface area (Å²) in [4.78, 5) is 10.5. The van der Waals surface area contributed by atoms with Crippen LogP contribution >= 0.6 is 0 Å². The molecule has 0 bridgehead atoms. The Balaban J connectivity index is -0.000000980. The van der Waals surface area contributed by atoms with Crippen molar-refractivity contribution in [3.63, 3.8) is 0 Å². The van der Waals surface area contributed by atoms with Crippen molar-refractivity contribution in [3.8, 4) is 0 Å². The van der Waals surface area contributed by atoms with E-state index in [0.717, 1.165) is 12.8 Å². The number of carboxylic acids is 1. The first-order valence-electron chi connectivity index (χ1n) is 6.41. The fourth-order valence-electron chi connectivity index (χ4n) is 1.71. The first kappa shape index (κ1) is 18.4. The second kappa shape index (κ2) is 13.1. The molecule has 3 heteroatoms. The summed E-state index contributed by atoms with van der Waals surface area (Å²) < 4.78 is 0. The Hall–Kier alpha value is 0.0674. The van der Waals surface area contributed by atoms with E-state index in [1.165, 1.54) is 44.9 Å². The third kappa shape index (κ3) is 12.1.